The Hall–Kier alpha value is -1.77. The molecule has 0 aliphatic carbocycles. The van der Waals surface area contributed by atoms with Gasteiger partial charge < -0.3 is 9.30 Å². The van der Waals surface area contributed by atoms with E-state index in [0.29, 0.717) is 19.0 Å². The molecular formula is C20H26FN3O3S. The number of hydrogen-bond acceptors (Lipinski definition) is 4. The molecule has 2 aliphatic heterocycles. The summed E-state index contributed by atoms with van der Waals surface area (Å²) in [6.07, 6.45) is 5.43. The number of sulfonamides is 1. The minimum atomic E-state index is -3.72. The zero-order valence-electron chi connectivity index (χ0n) is 16.1. The second-order valence-electron chi connectivity index (χ2n) is 7.63. The summed E-state index contributed by atoms with van der Waals surface area (Å²) in [5, 5.41) is 0. The van der Waals surface area contributed by atoms with Crippen LogP contribution >= 0.6 is 0 Å². The summed E-state index contributed by atoms with van der Waals surface area (Å²) in [4.78, 5) is 4.68. The molecule has 0 saturated carbocycles. The van der Waals surface area contributed by atoms with Gasteiger partial charge in [0.25, 0.3) is 0 Å². The van der Waals surface area contributed by atoms with Gasteiger partial charge in [-0.25, -0.2) is 17.8 Å². The Bertz CT molecular complexity index is 938. The van der Waals surface area contributed by atoms with Crippen LogP contribution in [0.3, 0.4) is 0 Å². The summed E-state index contributed by atoms with van der Waals surface area (Å²) >= 11 is 0. The van der Waals surface area contributed by atoms with Crippen LogP contribution in [0, 0.1) is 12.7 Å². The average Bonchev–Trinajstić information content (AvgIpc) is 3.10. The topological polar surface area (TPSA) is 64.4 Å². The molecule has 0 spiro atoms. The summed E-state index contributed by atoms with van der Waals surface area (Å²) in [5.74, 6) is 0.843. The van der Waals surface area contributed by atoms with Crippen LogP contribution in [-0.4, -0.2) is 48.6 Å². The van der Waals surface area contributed by atoms with Gasteiger partial charge in [0, 0.05) is 50.2 Å². The van der Waals surface area contributed by atoms with Crippen LogP contribution in [0.15, 0.2) is 35.4 Å². The quantitative estimate of drug-likeness (QED) is 0.780. The van der Waals surface area contributed by atoms with Crippen molar-refractivity contribution in [1.82, 2.24) is 13.9 Å². The fourth-order valence-electron chi connectivity index (χ4n) is 4.32. The zero-order valence-corrected chi connectivity index (χ0v) is 16.9. The molecule has 2 aliphatic rings. The van der Waals surface area contributed by atoms with Crippen molar-refractivity contribution in [3.05, 3.63) is 47.8 Å². The van der Waals surface area contributed by atoms with Crippen molar-refractivity contribution < 1.29 is 17.5 Å². The number of aryl methyl sites for hydroxylation is 1. The molecule has 1 atom stereocenters. The maximum absolute atomic E-state index is 13.6. The Morgan fingerprint density at radius 3 is 2.75 bits per heavy atom. The molecule has 1 aromatic carbocycles. The molecule has 2 saturated heterocycles. The number of piperidine rings is 1. The lowest BCUT2D eigenvalue weighted by atomic mass is 9.98. The Kier molecular flexibility index (Phi) is 5.53. The van der Waals surface area contributed by atoms with E-state index in [9.17, 15) is 12.8 Å². The van der Waals surface area contributed by atoms with Gasteiger partial charge in [0.05, 0.1) is 4.90 Å². The lowest BCUT2D eigenvalue weighted by Crippen LogP contribution is -2.41. The lowest BCUT2D eigenvalue weighted by molar-refractivity contribution is 0.0819. The summed E-state index contributed by atoms with van der Waals surface area (Å²) < 4.78 is 48.9. The van der Waals surface area contributed by atoms with Gasteiger partial charge in [-0.15, -0.1) is 0 Å². The van der Waals surface area contributed by atoms with Crippen molar-refractivity contribution in [2.75, 3.05) is 26.3 Å². The van der Waals surface area contributed by atoms with Crippen LogP contribution in [0.2, 0.25) is 0 Å². The predicted molar refractivity (Wildman–Crippen MR) is 103 cm³/mol. The summed E-state index contributed by atoms with van der Waals surface area (Å²) in [5.41, 5.74) is 1.05. The van der Waals surface area contributed by atoms with E-state index in [1.807, 2.05) is 13.1 Å². The number of hydrogen-bond donors (Lipinski definition) is 0. The van der Waals surface area contributed by atoms with E-state index in [1.165, 1.54) is 22.5 Å². The van der Waals surface area contributed by atoms with E-state index in [1.54, 1.807) is 0 Å². The third-order valence-corrected chi connectivity index (χ3v) is 7.62. The third kappa shape index (κ3) is 3.73. The highest BCUT2D eigenvalue weighted by molar-refractivity contribution is 7.89. The number of aromatic nitrogens is 2. The van der Waals surface area contributed by atoms with Gasteiger partial charge in [0.15, 0.2) is 0 Å². The van der Waals surface area contributed by atoms with Gasteiger partial charge in [-0.1, -0.05) is 6.07 Å². The van der Waals surface area contributed by atoms with Gasteiger partial charge in [0.1, 0.15) is 11.6 Å². The number of imidazole rings is 1. The lowest BCUT2D eigenvalue weighted by Gasteiger charge is -2.35. The van der Waals surface area contributed by atoms with Crippen molar-refractivity contribution >= 4 is 10.0 Å². The van der Waals surface area contributed by atoms with Crippen LogP contribution in [0.4, 0.5) is 4.39 Å². The van der Waals surface area contributed by atoms with E-state index in [2.05, 4.69) is 9.55 Å². The number of nitrogens with zero attached hydrogens (tertiary/aromatic N) is 3. The van der Waals surface area contributed by atoms with Crippen molar-refractivity contribution in [3.8, 4) is 0 Å². The number of ether oxygens (including phenoxy) is 1. The summed E-state index contributed by atoms with van der Waals surface area (Å²) in [7, 11) is -3.72. The van der Waals surface area contributed by atoms with E-state index in [0.717, 1.165) is 56.5 Å². The number of rotatable bonds is 4. The van der Waals surface area contributed by atoms with Gasteiger partial charge in [-0.3, -0.25) is 0 Å². The number of benzene rings is 1. The van der Waals surface area contributed by atoms with Gasteiger partial charge >= 0.3 is 0 Å². The molecule has 0 radical (unpaired) electrons. The molecule has 1 unspecified atom stereocenters. The third-order valence-electron chi connectivity index (χ3n) is 5.76. The fraction of sp³-hybridized carbons (Fsp3) is 0.550. The fourth-order valence-corrected chi connectivity index (χ4v) is 5.87. The second-order valence-corrected chi connectivity index (χ2v) is 9.57. The van der Waals surface area contributed by atoms with Crippen LogP contribution in [0.5, 0.6) is 0 Å². The molecule has 0 bridgehead atoms. The number of halogens is 1. The van der Waals surface area contributed by atoms with Crippen molar-refractivity contribution in [1.29, 1.82) is 0 Å². The molecule has 0 N–H and O–H groups in total. The minimum absolute atomic E-state index is 0.0140. The van der Waals surface area contributed by atoms with Crippen LogP contribution in [-0.2, 0) is 14.8 Å². The Labute approximate surface area is 165 Å². The van der Waals surface area contributed by atoms with E-state index in [-0.39, 0.29) is 10.9 Å². The van der Waals surface area contributed by atoms with Crippen molar-refractivity contribution in [2.45, 2.75) is 49.5 Å². The minimum Gasteiger partial charge on any atom is -0.381 e. The van der Waals surface area contributed by atoms with Crippen LogP contribution in [0.25, 0.3) is 0 Å². The van der Waals surface area contributed by atoms with E-state index >= 15 is 0 Å². The average molecular weight is 408 g/mol. The largest absolute Gasteiger partial charge is 0.381 e. The maximum Gasteiger partial charge on any atom is 0.243 e. The molecule has 8 heteroatoms. The molecule has 3 heterocycles. The first-order valence-corrected chi connectivity index (χ1v) is 11.3. The van der Waals surface area contributed by atoms with Gasteiger partial charge in [-0.05, 0) is 50.8 Å². The normalized spacial score (nSPS) is 22.4. The summed E-state index contributed by atoms with van der Waals surface area (Å²) in [6, 6.07) is 5.28. The molecule has 152 valence electrons. The monoisotopic (exact) mass is 407 g/mol. The maximum atomic E-state index is 13.6. The molecular weight excluding hydrogens is 381 g/mol. The predicted octanol–water partition coefficient (Wildman–Crippen LogP) is 3.25. The smallest absolute Gasteiger partial charge is 0.243 e. The first-order chi connectivity index (χ1) is 13.5. The van der Waals surface area contributed by atoms with Crippen molar-refractivity contribution in [2.24, 2.45) is 0 Å². The second kappa shape index (κ2) is 7.93. The van der Waals surface area contributed by atoms with E-state index < -0.39 is 15.8 Å². The Morgan fingerprint density at radius 2 is 2.00 bits per heavy atom. The highest BCUT2D eigenvalue weighted by atomic mass is 32.2. The molecule has 2 fully saturated rings. The molecule has 1 aromatic heterocycles. The van der Waals surface area contributed by atoms with Crippen LogP contribution < -0.4 is 0 Å². The molecule has 0 amide bonds. The Balaban J connectivity index is 1.60. The molecule has 4 rings (SSSR count). The molecule has 6 nitrogen and oxygen atoms in total. The first kappa shape index (κ1) is 19.5. The van der Waals surface area contributed by atoms with Gasteiger partial charge in [0.2, 0.25) is 10.0 Å². The van der Waals surface area contributed by atoms with Crippen LogP contribution in [0.1, 0.15) is 49.2 Å². The Morgan fingerprint density at radius 1 is 1.21 bits per heavy atom. The SMILES string of the molecule is Cc1cnc(C2CCOCC2)n1C1CCCN(S(=O)(=O)c2cccc(F)c2)C1. The van der Waals surface area contributed by atoms with Gasteiger partial charge in [-0.2, -0.15) is 4.31 Å². The first-order valence-electron chi connectivity index (χ1n) is 9.84. The van der Waals surface area contributed by atoms with Crippen molar-refractivity contribution in [3.63, 3.8) is 0 Å². The molecule has 28 heavy (non-hydrogen) atoms. The highest BCUT2D eigenvalue weighted by Crippen LogP contribution is 2.33. The highest BCUT2D eigenvalue weighted by Gasteiger charge is 2.33. The standard InChI is InChI=1S/C20H26FN3O3S/c1-15-13-22-20(16-7-10-27-11-8-16)24(15)18-5-3-9-23(14-18)28(25,26)19-6-2-4-17(21)12-19/h2,4,6,12-13,16,18H,3,5,7-11,14H2,1H3. The molecule has 2 aromatic rings. The van der Waals surface area contributed by atoms with E-state index in [4.69, 9.17) is 4.74 Å². The zero-order chi connectivity index (χ0) is 19.7. The summed E-state index contributed by atoms with van der Waals surface area (Å²) in [6.45, 7) is 4.33.